The van der Waals surface area contributed by atoms with Crippen molar-refractivity contribution in [1.29, 1.82) is 0 Å². The fraction of sp³-hybridized carbons (Fsp3) is 1.00. The zero-order valence-electron chi connectivity index (χ0n) is 15.3. The number of hydrogen-bond donors (Lipinski definition) is 0. The molecule has 0 saturated heterocycles. The van der Waals surface area contributed by atoms with Crippen LogP contribution in [0.25, 0.3) is 0 Å². The molecule has 0 aliphatic heterocycles. The van der Waals surface area contributed by atoms with Crippen molar-refractivity contribution in [3.05, 3.63) is 0 Å². The van der Waals surface area contributed by atoms with Crippen molar-refractivity contribution < 1.29 is 4.57 Å². The summed E-state index contributed by atoms with van der Waals surface area (Å²) in [4.78, 5) is 0. The van der Waals surface area contributed by atoms with Crippen molar-refractivity contribution in [2.45, 2.75) is 122 Å². The van der Waals surface area contributed by atoms with E-state index in [1.165, 1.54) is 116 Å². The second kappa shape index (κ2) is 21.1. The van der Waals surface area contributed by atoms with Crippen molar-refractivity contribution in [3.63, 3.8) is 0 Å². The maximum atomic E-state index is 10.3. The zero-order chi connectivity index (χ0) is 16.1. The Bertz CT molecular complexity index is 206. The second-order valence-electron chi connectivity index (χ2n) is 6.90. The molecule has 0 aromatic heterocycles. The Morgan fingerprint density at radius 1 is 0.455 bits per heavy atom. The summed E-state index contributed by atoms with van der Waals surface area (Å²) in [5.74, 6) is 0. The molecule has 0 bridgehead atoms. The minimum Gasteiger partial charge on any atom is -0.291 e. The number of rotatable bonds is 19. The molecule has 0 N–H and O–H groups in total. The molecule has 22 heavy (non-hydrogen) atoms. The summed E-state index contributed by atoms with van der Waals surface area (Å²) in [6, 6.07) is 0. The summed E-state index contributed by atoms with van der Waals surface area (Å²) in [6.45, 7) is 2.29. The molecule has 0 aromatic rings. The van der Waals surface area contributed by atoms with Gasteiger partial charge >= 0.3 is 0 Å². The first-order valence-corrected chi connectivity index (χ1v) is 11.4. The van der Waals surface area contributed by atoms with Gasteiger partial charge in [0.25, 0.3) is 0 Å². The topological polar surface area (TPSA) is 17.1 Å². The maximum Gasteiger partial charge on any atom is 0.0581 e. The van der Waals surface area contributed by atoms with Crippen LogP contribution in [-0.4, -0.2) is 6.16 Å². The Morgan fingerprint density at radius 2 is 0.727 bits per heavy atom. The molecule has 0 heterocycles. The van der Waals surface area contributed by atoms with Crippen LogP contribution in [0.3, 0.4) is 0 Å². The second-order valence-corrected chi connectivity index (χ2v) is 7.69. The van der Waals surface area contributed by atoms with E-state index in [-0.39, 0.29) is 8.46 Å². The van der Waals surface area contributed by atoms with Gasteiger partial charge in [0.1, 0.15) is 0 Å². The van der Waals surface area contributed by atoms with E-state index < -0.39 is 0 Å². The van der Waals surface area contributed by atoms with Gasteiger partial charge in [0.15, 0.2) is 0 Å². The molecule has 133 valence electrons. The molecular formula is C20H42OP. The molecule has 0 aromatic carbocycles. The quantitative estimate of drug-likeness (QED) is 0.173. The molecule has 2 heteroatoms. The first-order valence-electron chi connectivity index (χ1n) is 10.3. The molecule has 1 radical (unpaired) electrons. The van der Waals surface area contributed by atoms with Crippen LogP contribution in [-0.2, 0) is 4.57 Å². The summed E-state index contributed by atoms with van der Waals surface area (Å²) < 4.78 is 10.3. The van der Waals surface area contributed by atoms with Gasteiger partial charge in [-0.3, -0.25) is 4.57 Å². The predicted molar refractivity (Wildman–Crippen MR) is 103 cm³/mol. The van der Waals surface area contributed by atoms with Gasteiger partial charge in [-0.1, -0.05) is 116 Å². The Hall–Kier alpha value is 0.100. The summed E-state index contributed by atoms with van der Waals surface area (Å²) >= 11 is 0. The first-order chi connectivity index (χ1) is 10.9. The summed E-state index contributed by atoms with van der Waals surface area (Å²) in [6.07, 6.45) is 26.4. The third kappa shape index (κ3) is 20.1. The van der Waals surface area contributed by atoms with Gasteiger partial charge in [0.05, 0.1) is 8.46 Å². The van der Waals surface area contributed by atoms with E-state index >= 15 is 0 Å². The van der Waals surface area contributed by atoms with Gasteiger partial charge in [0, 0.05) is 6.16 Å². The molecule has 0 aliphatic carbocycles. The smallest absolute Gasteiger partial charge is 0.0581 e. The lowest BCUT2D eigenvalue weighted by Crippen LogP contribution is -1.84. The van der Waals surface area contributed by atoms with E-state index in [2.05, 4.69) is 6.92 Å². The molecule has 0 rings (SSSR count). The number of hydrogen-bond acceptors (Lipinski definition) is 1. The minimum absolute atomic E-state index is 0.0815. The molecule has 1 unspecified atom stereocenters. The van der Waals surface area contributed by atoms with Crippen molar-refractivity contribution in [3.8, 4) is 0 Å². The molecular weight excluding hydrogens is 287 g/mol. The third-order valence-electron chi connectivity index (χ3n) is 4.63. The zero-order valence-corrected chi connectivity index (χ0v) is 16.3. The lowest BCUT2D eigenvalue weighted by Gasteiger charge is -2.03. The Labute approximate surface area is 142 Å². The van der Waals surface area contributed by atoms with Crippen LogP contribution in [0, 0.1) is 0 Å². The van der Waals surface area contributed by atoms with Crippen LogP contribution in [0.15, 0.2) is 0 Å². The largest absolute Gasteiger partial charge is 0.291 e. The SMILES string of the molecule is CCCCCCCCCCCCCCCCCCCC[PH]=O. The van der Waals surface area contributed by atoms with E-state index in [0.717, 1.165) is 6.16 Å². The fourth-order valence-corrected chi connectivity index (χ4v) is 3.49. The van der Waals surface area contributed by atoms with Gasteiger partial charge in [-0.15, -0.1) is 0 Å². The monoisotopic (exact) mass is 329 g/mol. The van der Waals surface area contributed by atoms with Crippen LogP contribution in [0.5, 0.6) is 0 Å². The molecule has 1 nitrogen and oxygen atoms in total. The lowest BCUT2D eigenvalue weighted by molar-refractivity contribution is 0.526. The Kier molecular flexibility index (Phi) is 21.2. The van der Waals surface area contributed by atoms with Gasteiger partial charge in [-0.05, 0) is 6.42 Å². The highest BCUT2D eigenvalue weighted by molar-refractivity contribution is 7.23. The average Bonchev–Trinajstić information content (AvgIpc) is 2.54. The van der Waals surface area contributed by atoms with Gasteiger partial charge in [0.2, 0.25) is 0 Å². The standard InChI is InChI=1S/C20H42OP/c1-2-3-4-5-6-7-8-9-10-11-12-13-14-15-16-17-18-19-20-22-21/h22H,2-20H2,1H3. The normalized spacial score (nSPS) is 11.3. The molecule has 0 fully saturated rings. The Balaban J connectivity index is 2.92. The summed E-state index contributed by atoms with van der Waals surface area (Å²) in [5, 5.41) is 0. The van der Waals surface area contributed by atoms with Crippen LogP contribution in [0.2, 0.25) is 0 Å². The van der Waals surface area contributed by atoms with Crippen molar-refractivity contribution in [2.24, 2.45) is 0 Å². The van der Waals surface area contributed by atoms with Gasteiger partial charge in [-0.25, -0.2) is 0 Å². The molecule has 0 saturated carbocycles. The van der Waals surface area contributed by atoms with E-state index in [4.69, 9.17) is 0 Å². The Morgan fingerprint density at radius 3 is 1.00 bits per heavy atom. The van der Waals surface area contributed by atoms with Crippen molar-refractivity contribution in [2.75, 3.05) is 6.16 Å². The first kappa shape index (κ1) is 22.1. The molecule has 0 amide bonds. The predicted octanol–water partition coefficient (Wildman–Crippen LogP) is 8.05. The van der Waals surface area contributed by atoms with Crippen LogP contribution < -0.4 is 0 Å². The highest BCUT2D eigenvalue weighted by atomic mass is 31.1. The van der Waals surface area contributed by atoms with Crippen LogP contribution in [0.1, 0.15) is 122 Å². The van der Waals surface area contributed by atoms with E-state index in [9.17, 15) is 4.57 Å². The maximum absolute atomic E-state index is 10.3. The van der Waals surface area contributed by atoms with Crippen LogP contribution >= 0.6 is 8.46 Å². The van der Waals surface area contributed by atoms with Crippen LogP contribution in [0.4, 0.5) is 0 Å². The van der Waals surface area contributed by atoms with Crippen molar-refractivity contribution >= 4 is 8.46 Å². The van der Waals surface area contributed by atoms with E-state index in [1.807, 2.05) is 0 Å². The molecule has 0 spiro atoms. The summed E-state index contributed by atoms with van der Waals surface area (Å²) in [7, 11) is -0.0815. The molecule has 0 aliphatic rings. The number of unbranched alkanes of at least 4 members (excludes halogenated alkanes) is 17. The highest BCUT2D eigenvalue weighted by Crippen LogP contribution is 2.14. The van der Waals surface area contributed by atoms with E-state index in [0.29, 0.717) is 0 Å². The molecule has 1 atom stereocenters. The third-order valence-corrected chi connectivity index (χ3v) is 5.19. The lowest BCUT2D eigenvalue weighted by atomic mass is 10.0. The highest BCUT2D eigenvalue weighted by Gasteiger charge is 1.94. The van der Waals surface area contributed by atoms with Gasteiger partial charge in [-0.2, -0.15) is 0 Å². The van der Waals surface area contributed by atoms with E-state index in [1.54, 1.807) is 0 Å². The minimum atomic E-state index is -0.0815. The van der Waals surface area contributed by atoms with Crippen molar-refractivity contribution in [1.82, 2.24) is 0 Å². The average molecular weight is 330 g/mol. The van der Waals surface area contributed by atoms with Gasteiger partial charge < -0.3 is 0 Å². The summed E-state index contributed by atoms with van der Waals surface area (Å²) in [5.41, 5.74) is 0. The fourth-order valence-electron chi connectivity index (χ4n) is 3.10.